The molecule has 0 N–H and O–H groups in total. The number of carbonyl (C=O) groups excluding carboxylic acids is 1. The van der Waals surface area contributed by atoms with Crippen LogP contribution < -0.4 is 0 Å². The van der Waals surface area contributed by atoms with Crippen LogP contribution in [0.25, 0.3) is 0 Å². The number of ether oxygens (including phenoxy) is 2. The van der Waals surface area contributed by atoms with Crippen LogP contribution in [-0.2, 0) is 19.9 Å². The zero-order valence-corrected chi connectivity index (χ0v) is 12.8. The van der Waals surface area contributed by atoms with Crippen molar-refractivity contribution in [2.24, 2.45) is 0 Å². The van der Waals surface area contributed by atoms with Gasteiger partial charge in [0.15, 0.2) is 5.60 Å². The fourth-order valence-corrected chi connectivity index (χ4v) is 3.58. The first-order chi connectivity index (χ1) is 10.3. The molecule has 0 bridgehead atoms. The third kappa shape index (κ3) is 2.38. The van der Waals surface area contributed by atoms with Crippen LogP contribution in [-0.4, -0.2) is 18.2 Å². The molecule has 0 radical (unpaired) electrons. The summed E-state index contributed by atoms with van der Waals surface area (Å²) in [5, 5.41) is 0. The summed E-state index contributed by atoms with van der Waals surface area (Å²) < 4.78 is 11.6. The van der Waals surface area contributed by atoms with Gasteiger partial charge in [0.25, 0.3) is 0 Å². The molecule has 114 valence electrons. The summed E-state index contributed by atoms with van der Waals surface area (Å²) in [6.45, 7) is 2.60. The van der Waals surface area contributed by atoms with E-state index in [1.54, 1.807) is 0 Å². The molecule has 2 fully saturated rings. The molecule has 1 heterocycles. The Bertz CT molecular complexity index is 498. The van der Waals surface area contributed by atoms with Crippen molar-refractivity contribution in [1.29, 1.82) is 0 Å². The Morgan fingerprint density at radius 2 is 1.95 bits per heavy atom. The molecule has 1 aromatic carbocycles. The average Bonchev–Trinajstić information content (AvgIpc) is 3.20. The van der Waals surface area contributed by atoms with Gasteiger partial charge in [-0.15, -0.1) is 0 Å². The van der Waals surface area contributed by atoms with Crippen molar-refractivity contribution in [1.82, 2.24) is 0 Å². The fraction of sp³-hybridized carbons (Fsp3) is 0.611. The molecule has 0 amide bonds. The van der Waals surface area contributed by atoms with E-state index in [-0.39, 0.29) is 5.97 Å². The maximum absolute atomic E-state index is 12.6. The van der Waals surface area contributed by atoms with E-state index in [4.69, 9.17) is 9.47 Å². The van der Waals surface area contributed by atoms with Crippen LogP contribution in [0.3, 0.4) is 0 Å². The maximum atomic E-state index is 12.6. The van der Waals surface area contributed by atoms with Gasteiger partial charge in [-0.1, -0.05) is 56.5 Å². The molecule has 2 unspecified atom stereocenters. The molecule has 3 heteroatoms. The van der Waals surface area contributed by atoms with Gasteiger partial charge < -0.3 is 9.47 Å². The van der Waals surface area contributed by atoms with Crippen LogP contribution in [0.15, 0.2) is 30.3 Å². The molecule has 3 nitrogen and oxygen atoms in total. The van der Waals surface area contributed by atoms with Crippen molar-refractivity contribution in [3.05, 3.63) is 35.9 Å². The monoisotopic (exact) mass is 288 g/mol. The lowest BCUT2D eigenvalue weighted by Gasteiger charge is -2.17. The van der Waals surface area contributed by atoms with Gasteiger partial charge in [-0.2, -0.15) is 0 Å². The molecule has 2 aliphatic rings. The zero-order valence-electron chi connectivity index (χ0n) is 12.8. The van der Waals surface area contributed by atoms with E-state index in [1.165, 1.54) is 6.42 Å². The van der Waals surface area contributed by atoms with Gasteiger partial charge in [0, 0.05) is 0 Å². The molecule has 3 rings (SSSR count). The number of unbranched alkanes of at least 4 members (excludes halogenated alkanes) is 1. The fourth-order valence-electron chi connectivity index (χ4n) is 3.58. The Kier molecular flexibility index (Phi) is 4.03. The molecular formula is C18H24O3. The Hall–Kier alpha value is -1.35. The van der Waals surface area contributed by atoms with Gasteiger partial charge in [-0.3, -0.25) is 0 Å². The van der Waals surface area contributed by atoms with Crippen molar-refractivity contribution in [3.63, 3.8) is 0 Å². The highest BCUT2D eigenvalue weighted by Gasteiger charge is 2.75. The summed E-state index contributed by atoms with van der Waals surface area (Å²) in [4.78, 5) is 12.6. The van der Waals surface area contributed by atoms with Gasteiger partial charge in [-0.05, 0) is 31.2 Å². The summed E-state index contributed by atoms with van der Waals surface area (Å²) in [7, 11) is 0. The van der Waals surface area contributed by atoms with Gasteiger partial charge in [0.2, 0.25) is 0 Å². The second-order valence-electron chi connectivity index (χ2n) is 6.17. The summed E-state index contributed by atoms with van der Waals surface area (Å²) in [6.07, 6.45) is 6.97. The normalized spacial score (nSPS) is 31.1. The predicted molar refractivity (Wildman–Crippen MR) is 80.9 cm³/mol. The smallest absolute Gasteiger partial charge is 0.341 e. The molecule has 0 spiro atoms. The van der Waals surface area contributed by atoms with Gasteiger partial charge >= 0.3 is 5.97 Å². The van der Waals surface area contributed by atoms with Crippen molar-refractivity contribution < 1.29 is 14.3 Å². The summed E-state index contributed by atoms with van der Waals surface area (Å²) in [6, 6.07) is 10.2. The lowest BCUT2D eigenvalue weighted by Crippen LogP contribution is -2.34. The Labute approximate surface area is 126 Å². The molecular weight excluding hydrogens is 264 g/mol. The topological polar surface area (TPSA) is 38.8 Å². The highest BCUT2D eigenvalue weighted by molar-refractivity contribution is 5.85. The highest BCUT2D eigenvalue weighted by atomic mass is 16.7. The van der Waals surface area contributed by atoms with Crippen LogP contribution in [0.2, 0.25) is 0 Å². The zero-order chi connectivity index (χ0) is 14.8. The van der Waals surface area contributed by atoms with E-state index in [9.17, 15) is 4.79 Å². The Morgan fingerprint density at radius 3 is 2.71 bits per heavy atom. The van der Waals surface area contributed by atoms with Crippen LogP contribution in [0.4, 0.5) is 0 Å². The standard InChI is InChI=1S/C18H24O3/c1-2-3-14-20-16(19)18-13-9-5-8-12-17(18,21-18)15-10-6-4-7-11-15/h4,6-7,10-11H,2-3,5,8-9,12-14H2,1H3. The molecule has 0 aromatic heterocycles. The van der Waals surface area contributed by atoms with Crippen molar-refractivity contribution in [2.75, 3.05) is 6.61 Å². The average molecular weight is 288 g/mol. The SMILES string of the molecule is CCCCOC(=O)C12CCCCCC1(c1ccccc1)O2. The van der Waals surface area contributed by atoms with Crippen LogP contribution in [0.5, 0.6) is 0 Å². The number of hydrogen-bond donors (Lipinski definition) is 0. The first kappa shape index (κ1) is 14.6. The quantitative estimate of drug-likeness (QED) is 0.467. The third-order valence-electron chi connectivity index (χ3n) is 4.82. The molecule has 1 saturated heterocycles. The largest absolute Gasteiger partial charge is 0.463 e. The van der Waals surface area contributed by atoms with Crippen molar-refractivity contribution >= 4 is 5.97 Å². The van der Waals surface area contributed by atoms with Crippen molar-refractivity contribution in [2.45, 2.75) is 63.1 Å². The van der Waals surface area contributed by atoms with E-state index < -0.39 is 11.2 Å². The number of rotatable bonds is 5. The van der Waals surface area contributed by atoms with E-state index >= 15 is 0 Å². The highest BCUT2D eigenvalue weighted by Crippen LogP contribution is 2.63. The van der Waals surface area contributed by atoms with E-state index in [2.05, 4.69) is 19.1 Å². The maximum Gasteiger partial charge on any atom is 0.341 e. The minimum atomic E-state index is -0.724. The number of benzene rings is 1. The predicted octanol–water partition coefficient (Wildman–Crippen LogP) is 3.96. The minimum Gasteiger partial charge on any atom is -0.463 e. The van der Waals surface area contributed by atoms with E-state index in [1.807, 2.05) is 18.2 Å². The first-order valence-electron chi connectivity index (χ1n) is 8.18. The second kappa shape index (κ2) is 5.80. The lowest BCUT2D eigenvalue weighted by atomic mass is 9.82. The lowest BCUT2D eigenvalue weighted by molar-refractivity contribution is -0.150. The molecule has 21 heavy (non-hydrogen) atoms. The molecule has 1 aliphatic carbocycles. The van der Waals surface area contributed by atoms with Crippen LogP contribution >= 0.6 is 0 Å². The number of epoxide rings is 1. The summed E-state index contributed by atoms with van der Waals surface area (Å²) in [5.41, 5.74) is -0.0357. The number of hydrogen-bond acceptors (Lipinski definition) is 3. The molecule has 2 atom stereocenters. The summed E-state index contributed by atoms with van der Waals surface area (Å²) >= 11 is 0. The first-order valence-corrected chi connectivity index (χ1v) is 8.18. The third-order valence-corrected chi connectivity index (χ3v) is 4.82. The van der Waals surface area contributed by atoms with Crippen LogP contribution in [0, 0.1) is 0 Å². The number of fused-ring (bicyclic) bond motifs is 1. The molecule has 1 saturated carbocycles. The van der Waals surface area contributed by atoms with Crippen molar-refractivity contribution in [3.8, 4) is 0 Å². The second-order valence-corrected chi connectivity index (χ2v) is 6.17. The van der Waals surface area contributed by atoms with Gasteiger partial charge in [0.05, 0.1) is 6.61 Å². The number of esters is 1. The van der Waals surface area contributed by atoms with Crippen LogP contribution in [0.1, 0.15) is 57.4 Å². The Balaban J connectivity index is 1.84. The summed E-state index contributed by atoms with van der Waals surface area (Å²) in [5.74, 6) is -0.151. The van der Waals surface area contributed by atoms with E-state index in [0.29, 0.717) is 6.61 Å². The number of carbonyl (C=O) groups is 1. The minimum absolute atomic E-state index is 0.151. The van der Waals surface area contributed by atoms with Gasteiger partial charge in [0.1, 0.15) is 5.60 Å². The molecule has 1 aromatic rings. The van der Waals surface area contributed by atoms with Gasteiger partial charge in [-0.25, -0.2) is 4.79 Å². The molecule has 1 aliphatic heterocycles. The Morgan fingerprint density at radius 1 is 1.19 bits per heavy atom. The van der Waals surface area contributed by atoms with E-state index in [0.717, 1.165) is 44.1 Å².